The molecule has 0 heterocycles. The van der Waals surface area contributed by atoms with Gasteiger partial charge in [-0.3, -0.25) is 0 Å². The molecule has 1 aromatic carbocycles. The van der Waals surface area contributed by atoms with Gasteiger partial charge in [-0.2, -0.15) is 0 Å². The van der Waals surface area contributed by atoms with Crippen LogP contribution >= 0.6 is 11.6 Å². The van der Waals surface area contributed by atoms with Crippen LogP contribution in [0.4, 0.5) is 0 Å². The van der Waals surface area contributed by atoms with Gasteiger partial charge in [0.1, 0.15) is 0 Å². The van der Waals surface area contributed by atoms with Crippen molar-refractivity contribution in [3.05, 3.63) is 17.7 Å². The topological polar surface area (TPSA) is 27.7 Å². The molecular formula is C16H23ClO3. The van der Waals surface area contributed by atoms with Crippen LogP contribution in [0.2, 0.25) is 0 Å². The molecule has 1 aliphatic carbocycles. The monoisotopic (exact) mass is 298 g/mol. The Morgan fingerprint density at radius 3 is 2.25 bits per heavy atom. The Morgan fingerprint density at radius 2 is 1.70 bits per heavy atom. The summed E-state index contributed by atoms with van der Waals surface area (Å²) in [7, 11) is 4.87. The zero-order chi connectivity index (χ0) is 14.5. The number of methoxy groups -OCH3 is 3. The fourth-order valence-electron chi connectivity index (χ4n) is 3.04. The van der Waals surface area contributed by atoms with E-state index in [1.54, 1.807) is 21.3 Å². The van der Waals surface area contributed by atoms with E-state index in [0.29, 0.717) is 17.2 Å². The van der Waals surface area contributed by atoms with E-state index in [-0.39, 0.29) is 5.38 Å². The number of benzene rings is 1. The fraction of sp³-hybridized carbons (Fsp3) is 0.625. The number of hydrogen-bond donors (Lipinski definition) is 0. The molecule has 2 rings (SSSR count). The van der Waals surface area contributed by atoms with Crippen LogP contribution in [0.15, 0.2) is 12.1 Å². The lowest BCUT2D eigenvalue weighted by Gasteiger charge is -2.20. The van der Waals surface area contributed by atoms with Gasteiger partial charge in [-0.1, -0.05) is 25.7 Å². The van der Waals surface area contributed by atoms with Gasteiger partial charge in [0, 0.05) is 5.56 Å². The summed E-state index contributed by atoms with van der Waals surface area (Å²) in [5, 5.41) is -0.0483. The van der Waals surface area contributed by atoms with E-state index < -0.39 is 0 Å². The zero-order valence-corrected chi connectivity index (χ0v) is 13.2. The molecule has 0 spiro atoms. The predicted molar refractivity (Wildman–Crippen MR) is 81.3 cm³/mol. The summed E-state index contributed by atoms with van der Waals surface area (Å²) in [5.41, 5.74) is 0.985. The molecule has 1 aliphatic rings. The van der Waals surface area contributed by atoms with E-state index >= 15 is 0 Å². The molecule has 0 radical (unpaired) electrons. The molecule has 0 N–H and O–H groups in total. The minimum atomic E-state index is -0.0483. The van der Waals surface area contributed by atoms with Crippen LogP contribution in [0.25, 0.3) is 0 Å². The molecule has 0 saturated heterocycles. The summed E-state index contributed by atoms with van der Waals surface area (Å²) in [6.07, 6.45) is 6.24. The maximum Gasteiger partial charge on any atom is 0.203 e. The van der Waals surface area contributed by atoms with E-state index in [1.807, 2.05) is 12.1 Å². The van der Waals surface area contributed by atoms with E-state index in [2.05, 4.69) is 0 Å². The van der Waals surface area contributed by atoms with Crippen molar-refractivity contribution in [2.45, 2.75) is 37.5 Å². The van der Waals surface area contributed by atoms with Crippen molar-refractivity contribution < 1.29 is 14.2 Å². The van der Waals surface area contributed by atoms with Crippen LogP contribution in [0.1, 0.15) is 43.0 Å². The molecule has 0 aliphatic heterocycles. The van der Waals surface area contributed by atoms with Gasteiger partial charge < -0.3 is 14.2 Å². The quantitative estimate of drug-likeness (QED) is 0.720. The Morgan fingerprint density at radius 1 is 1.05 bits per heavy atom. The standard InChI is InChI=1S/C16H23ClO3/c1-18-14-9-8-12(15(19-2)16(14)20-3)13(17)10-11-6-4-5-7-11/h8-9,11,13H,4-7,10H2,1-3H3. The van der Waals surface area contributed by atoms with E-state index in [0.717, 1.165) is 17.9 Å². The van der Waals surface area contributed by atoms with E-state index in [9.17, 15) is 0 Å². The van der Waals surface area contributed by atoms with Crippen molar-refractivity contribution >= 4 is 11.6 Å². The average Bonchev–Trinajstić information content (AvgIpc) is 2.98. The summed E-state index contributed by atoms with van der Waals surface area (Å²) < 4.78 is 16.2. The molecule has 1 fully saturated rings. The zero-order valence-electron chi connectivity index (χ0n) is 12.4. The van der Waals surface area contributed by atoms with Gasteiger partial charge in [0.15, 0.2) is 11.5 Å². The highest BCUT2D eigenvalue weighted by molar-refractivity contribution is 6.21. The third-order valence-electron chi connectivity index (χ3n) is 4.09. The highest BCUT2D eigenvalue weighted by Crippen LogP contribution is 2.46. The summed E-state index contributed by atoms with van der Waals surface area (Å²) in [6.45, 7) is 0. The van der Waals surface area contributed by atoms with Crippen LogP contribution < -0.4 is 14.2 Å². The van der Waals surface area contributed by atoms with E-state index in [1.165, 1.54) is 25.7 Å². The SMILES string of the molecule is COc1ccc(C(Cl)CC2CCCC2)c(OC)c1OC. The summed E-state index contributed by atoms with van der Waals surface area (Å²) in [6, 6.07) is 3.87. The minimum absolute atomic E-state index is 0.0483. The Hall–Kier alpha value is -1.09. The second-order valence-electron chi connectivity index (χ2n) is 5.28. The van der Waals surface area contributed by atoms with Crippen LogP contribution in [-0.4, -0.2) is 21.3 Å². The maximum atomic E-state index is 6.62. The van der Waals surface area contributed by atoms with Crippen molar-refractivity contribution in [3.8, 4) is 17.2 Å². The predicted octanol–water partition coefficient (Wildman–Crippen LogP) is 4.57. The van der Waals surface area contributed by atoms with Crippen LogP contribution in [0.3, 0.4) is 0 Å². The molecule has 0 aromatic heterocycles. The first-order valence-corrected chi connectivity index (χ1v) is 7.57. The Labute approximate surface area is 126 Å². The number of alkyl halides is 1. The Bertz CT molecular complexity index is 442. The average molecular weight is 299 g/mol. The van der Waals surface area contributed by atoms with Crippen molar-refractivity contribution in [2.75, 3.05) is 21.3 Å². The molecule has 1 atom stereocenters. The number of hydrogen-bond acceptors (Lipinski definition) is 3. The maximum absolute atomic E-state index is 6.62. The Kier molecular flexibility index (Phi) is 5.41. The van der Waals surface area contributed by atoms with Crippen LogP contribution in [-0.2, 0) is 0 Å². The van der Waals surface area contributed by atoms with Crippen molar-refractivity contribution in [3.63, 3.8) is 0 Å². The number of halogens is 1. The van der Waals surface area contributed by atoms with Gasteiger partial charge in [0.25, 0.3) is 0 Å². The number of rotatable bonds is 6. The molecule has 0 amide bonds. The lowest BCUT2D eigenvalue weighted by Crippen LogP contribution is -2.04. The van der Waals surface area contributed by atoms with Crippen molar-refractivity contribution in [1.29, 1.82) is 0 Å². The first-order valence-electron chi connectivity index (χ1n) is 7.14. The van der Waals surface area contributed by atoms with Gasteiger partial charge in [-0.15, -0.1) is 11.6 Å². The second-order valence-corrected chi connectivity index (χ2v) is 5.80. The van der Waals surface area contributed by atoms with Crippen molar-refractivity contribution in [1.82, 2.24) is 0 Å². The first-order chi connectivity index (χ1) is 9.71. The second kappa shape index (κ2) is 7.07. The molecule has 1 aromatic rings. The largest absolute Gasteiger partial charge is 0.493 e. The lowest BCUT2D eigenvalue weighted by molar-refractivity contribution is 0.321. The van der Waals surface area contributed by atoms with Gasteiger partial charge in [-0.05, 0) is 24.5 Å². The van der Waals surface area contributed by atoms with Gasteiger partial charge in [-0.25, -0.2) is 0 Å². The van der Waals surface area contributed by atoms with Gasteiger partial charge >= 0.3 is 0 Å². The van der Waals surface area contributed by atoms with Gasteiger partial charge in [0.05, 0.1) is 26.7 Å². The van der Waals surface area contributed by atoms with Crippen LogP contribution in [0.5, 0.6) is 17.2 Å². The molecule has 3 nitrogen and oxygen atoms in total. The molecule has 1 saturated carbocycles. The molecule has 20 heavy (non-hydrogen) atoms. The summed E-state index contributed by atoms with van der Waals surface area (Å²) in [4.78, 5) is 0. The van der Waals surface area contributed by atoms with Crippen molar-refractivity contribution in [2.24, 2.45) is 5.92 Å². The van der Waals surface area contributed by atoms with E-state index in [4.69, 9.17) is 25.8 Å². The third-order valence-corrected chi connectivity index (χ3v) is 4.50. The first kappa shape index (κ1) is 15.3. The minimum Gasteiger partial charge on any atom is -0.493 e. The van der Waals surface area contributed by atoms with Gasteiger partial charge in [0.2, 0.25) is 5.75 Å². The lowest BCUT2D eigenvalue weighted by atomic mass is 9.97. The normalized spacial score (nSPS) is 17.0. The molecule has 0 bridgehead atoms. The molecule has 1 unspecified atom stereocenters. The molecule has 4 heteroatoms. The highest BCUT2D eigenvalue weighted by atomic mass is 35.5. The number of ether oxygens (including phenoxy) is 3. The smallest absolute Gasteiger partial charge is 0.203 e. The third kappa shape index (κ3) is 3.14. The Balaban J connectivity index is 2.25. The summed E-state index contributed by atoms with van der Waals surface area (Å²) in [5.74, 6) is 2.70. The van der Waals surface area contributed by atoms with Crippen LogP contribution in [0, 0.1) is 5.92 Å². The fourth-order valence-corrected chi connectivity index (χ4v) is 3.46. The molecule has 112 valence electrons. The summed E-state index contributed by atoms with van der Waals surface area (Å²) >= 11 is 6.62. The highest BCUT2D eigenvalue weighted by Gasteiger charge is 2.25. The molecular weight excluding hydrogens is 276 g/mol.